The van der Waals surface area contributed by atoms with Gasteiger partial charge in [-0.3, -0.25) is 4.79 Å². The maximum absolute atomic E-state index is 12.0. The topological polar surface area (TPSA) is 80.5 Å². The summed E-state index contributed by atoms with van der Waals surface area (Å²) in [5, 5.41) is 0.0659. The number of halogens is 1. The third kappa shape index (κ3) is 3.36. The molecule has 0 aliphatic heterocycles. The summed E-state index contributed by atoms with van der Waals surface area (Å²) in [6.45, 7) is 2.21. The minimum atomic E-state index is -3.77. The van der Waals surface area contributed by atoms with Gasteiger partial charge in [-0.1, -0.05) is 11.6 Å². The summed E-state index contributed by atoms with van der Waals surface area (Å²) in [6, 6.07) is 4.16. The van der Waals surface area contributed by atoms with Crippen LogP contribution in [0.5, 0.6) is 0 Å². The summed E-state index contributed by atoms with van der Waals surface area (Å²) in [5.74, 6) is -1.09. The number of nitrogen functional groups attached to an aromatic ring is 1. The van der Waals surface area contributed by atoms with Crippen molar-refractivity contribution in [3.63, 3.8) is 0 Å². The van der Waals surface area contributed by atoms with Gasteiger partial charge < -0.3 is 10.6 Å². The van der Waals surface area contributed by atoms with E-state index >= 15 is 0 Å². The van der Waals surface area contributed by atoms with E-state index in [0.29, 0.717) is 6.54 Å². The van der Waals surface area contributed by atoms with Crippen molar-refractivity contribution in [2.75, 3.05) is 25.1 Å². The first kappa shape index (κ1) is 14.8. The standard InChI is InChI=1S/C11H15ClN2O3S/c1-3-14(2)11(15)7-18(16,17)10-6-8(13)4-5-9(10)12/h4-6H,3,7,13H2,1-2H3. The highest BCUT2D eigenvalue weighted by Gasteiger charge is 2.23. The Morgan fingerprint density at radius 2 is 2.06 bits per heavy atom. The summed E-state index contributed by atoms with van der Waals surface area (Å²) >= 11 is 5.82. The van der Waals surface area contributed by atoms with Crippen LogP contribution in [0.3, 0.4) is 0 Å². The summed E-state index contributed by atoms with van der Waals surface area (Å²) in [5.41, 5.74) is 5.81. The summed E-state index contributed by atoms with van der Waals surface area (Å²) in [4.78, 5) is 12.9. The Labute approximate surface area is 111 Å². The number of hydrogen-bond donors (Lipinski definition) is 1. The highest BCUT2D eigenvalue weighted by atomic mass is 35.5. The van der Waals surface area contributed by atoms with E-state index in [1.165, 1.54) is 23.1 Å². The molecule has 0 radical (unpaired) electrons. The first-order valence-corrected chi connectivity index (χ1v) is 7.32. The van der Waals surface area contributed by atoms with E-state index in [4.69, 9.17) is 17.3 Å². The van der Waals surface area contributed by atoms with Gasteiger partial charge in [-0.2, -0.15) is 0 Å². The normalized spacial score (nSPS) is 11.3. The van der Waals surface area contributed by atoms with Crippen LogP contribution in [-0.4, -0.2) is 38.6 Å². The van der Waals surface area contributed by atoms with Crippen molar-refractivity contribution < 1.29 is 13.2 Å². The molecular weight excluding hydrogens is 276 g/mol. The van der Waals surface area contributed by atoms with E-state index in [-0.39, 0.29) is 15.6 Å². The lowest BCUT2D eigenvalue weighted by Gasteiger charge is -2.14. The summed E-state index contributed by atoms with van der Waals surface area (Å²) in [7, 11) is -2.23. The number of hydrogen-bond acceptors (Lipinski definition) is 4. The van der Waals surface area contributed by atoms with Crippen molar-refractivity contribution >= 4 is 33.0 Å². The molecule has 2 N–H and O–H groups in total. The SMILES string of the molecule is CCN(C)C(=O)CS(=O)(=O)c1cc(N)ccc1Cl. The van der Waals surface area contributed by atoms with Crippen LogP contribution in [0.4, 0.5) is 5.69 Å². The quantitative estimate of drug-likeness (QED) is 0.844. The number of anilines is 1. The number of carbonyl (C=O) groups excluding carboxylic acids is 1. The molecular formula is C11H15ClN2O3S. The molecule has 0 unspecified atom stereocenters. The van der Waals surface area contributed by atoms with Crippen LogP contribution in [-0.2, 0) is 14.6 Å². The molecule has 7 heteroatoms. The molecule has 0 fully saturated rings. The van der Waals surface area contributed by atoms with Gasteiger partial charge in [-0.15, -0.1) is 0 Å². The maximum Gasteiger partial charge on any atom is 0.237 e. The van der Waals surface area contributed by atoms with E-state index in [1.54, 1.807) is 14.0 Å². The predicted molar refractivity (Wildman–Crippen MR) is 71.2 cm³/mol. The summed E-state index contributed by atoms with van der Waals surface area (Å²) < 4.78 is 24.1. The third-order valence-electron chi connectivity index (χ3n) is 2.50. The Kier molecular flexibility index (Phi) is 4.59. The fourth-order valence-electron chi connectivity index (χ4n) is 1.29. The Hall–Kier alpha value is -1.27. The molecule has 0 saturated carbocycles. The monoisotopic (exact) mass is 290 g/mol. The number of nitrogens with two attached hydrogens (primary N) is 1. The highest BCUT2D eigenvalue weighted by molar-refractivity contribution is 7.92. The zero-order valence-corrected chi connectivity index (χ0v) is 11.8. The molecule has 1 aromatic carbocycles. The van der Waals surface area contributed by atoms with Gasteiger partial charge in [0.15, 0.2) is 9.84 Å². The molecule has 1 aromatic rings. The van der Waals surface area contributed by atoms with Crippen molar-refractivity contribution in [1.29, 1.82) is 0 Å². The largest absolute Gasteiger partial charge is 0.399 e. The fourth-order valence-corrected chi connectivity index (χ4v) is 3.14. The molecule has 0 saturated heterocycles. The van der Waals surface area contributed by atoms with Gasteiger partial charge in [0.05, 0.1) is 9.92 Å². The van der Waals surface area contributed by atoms with Crippen molar-refractivity contribution in [2.45, 2.75) is 11.8 Å². The van der Waals surface area contributed by atoms with E-state index < -0.39 is 21.5 Å². The van der Waals surface area contributed by atoms with Gasteiger partial charge in [-0.25, -0.2) is 8.42 Å². The van der Waals surface area contributed by atoms with E-state index in [9.17, 15) is 13.2 Å². The molecule has 0 aromatic heterocycles. The minimum Gasteiger partial charge on any atom is -0.399 e. The highest BCUT2D eigenvalue weighted by Crippen LogP contribution is 2.24. The molecule has 0 aliphatic carbocycles. The van der Waals surface area contributed by atoms with Crippen LogP contribution in [0.2, 0.25) is 5.02 Å². The molecule has 0 spiro atoms. The molecule has 100 valence electrons. The molecule has 1 rings (SSSR count). The number of rotatable bonds is 4. The third-order valence-corrected chi connectivity index (χ3v) is 4.58. The van der Waals surface area contributed by atoms with Crippen molar-refractivity contribution in [3.05, 3.63) is 23.2 Å². The van der Waals surface area contributed by atoms with E-state index in [2.05, 4.69) is 0 Å². The number of sulfone groups is 1. The molecule has 18 heavy (non-hydrogen) atoms. The lowest BCUT2D eigenvalue weighted by Crippen LogP contribution is -2.32. The second-order valence-corrected chi connectivity index (χ2v) is 6.22. The lowest BCUT2D eigenvalue weighted by atomic mass is 10.3. The zero-order chi connectivity index (χ0) is 13.9. The van der Waals surface area contributed by atoms with Crippen LogP contribution in [0.1, 0.15) is 6.92 Å². The summed E-state index contributed by atoms with van der Waals surface area (Å²) in [6.07, 6.45) is 0. The van der Waals surface area contributed by atoms with Crippen LogP contribution >= 0.6 is 11.6 Å². The molecule has 0 aliphatic rings. The molecule has 0 bridgehead atoms. The second kappa shape index (κ2) is 5.58. The molecule has 1 amide bonds. The van der Waals surface area contributed by atoms with Gasteiger partial charge in [-0.05, 0) is 25.1 Å². The molecule has 0 atom stereocenters. The average molecular weight is 291 g/mol. The predicted octanol–water partition coefficient (Wildman–Crippen LogP) is 1.17. The van der Waals surface area contributed by atoms with Crippen LogP contribution in [0.15, 0.2) is 23.1 Å². The molecule has 5 nitrogen and oxygen atoms in total. The Balaban J connectivity index is 3.07. The minimum absolute atomic E-state index is 0.0659. The zero-order valence-electron chi connectivity index (χ0n) is 10.2. The van der Waals surface area contributed by atoms with Gasteiger partial charge in [0.2, 0.25) is 5.91 Å². The lowest BCUT2D eigenvalue weighted by molar-refractivity contribution is -0.126. The van der Waals surface area contributed by atoms with Gasteiger partial charge in [0.25, 0.3) is 0 Å². The Morgan fingerprint density at radius 1 is 1.44 bits per heavy atom. The first-order chi connectivity index (χ1) is 8.27. The van der Waals surface area contributed by atoms with Crippen molar-refractivity contribution in [2.24, 2.45) is 0 Å². The fraction of sp³-hybridized carbons (Fsp3) is 0.364. The van der Waals surface area contributed by atoms with Gasteiger partial charge in [0.1, 0.15) is 5.75 Å². The smallest absolute Gasteiger partial charge is 0.237 e. The Bertz CT molecular complexity index is 557. The van der Waals surface area contributed by atoms with Gasteiger partial charge in [0, 0.05) is 19.3 Å². The number of carbonyl (C=O) groups is 1. The van der Waals surface area contributed by atoms with Crippen LogP contribution < -0.4 is 5.73 Å². The number of amides is 1. The van der Waals surface area contributed by atoms with Gasteiger partial charge >= 0.3 is 0 Å². The number of benzene rings is 1. The van der Waals surface area contributed by atoms with Crippen molar-refractivity contribution in [3.8, 4) is 0 Å². The Morgan fingerprint density at radius 3 is 2.61 bits per heavy atom. The first-order valence-electron chi connectivity index (χ1n) is 5.29. The van der Waals surface area contributed by atoms with Crippen LogP contribution in [0.25, 0.3) is 0 Å². The van der Waals surface area contributed by atoms with Crippen molar-refractivity contribution in [1.82, 2.24) is 4.90 Å². The van der Waals surface area contributed by atoms with E-state index in [1.807, 2.05) is 0 Å². The van der Waals surface area contributed by atoms with Crippen LogP contribution in [0, 0.1) is 0 Å². The average Bonchev–Trinajstić information content (AvgIpc) is 2.30. The molecule has 0 heterocycles. The number of nitrogens with zero attached hydrogens (tertiary/aromatic N) is 1. The second-order valence-electron chi connectivity index (χ2n) is 3.86. The maximum atomic E-state index is 12.0. The van der Waals surface area contributed by atoms with E-state index in [0.717, 1.165) is 0 Å².